The Balaban J connectivity index is 1.85. The number of para-hydroxylation sites is 1. The highest BCUT2D eigenvalue weighted by atomic mass is 14.9. The molecule has 0 saturated carbocycles. The Morgan fingerprint density at radius 3 is 2.65 bits per heavy atom. The summed E-state index contributed by atoms with van der Waals surface area (Å²) in [5.41, 5.74) is 8.15. The number of aromatic nitrogens is 2. The van der Waals surface area contributed by atoms with E-state index in [0.29, 0.717) is 5.56 Å². The third-order valence-electron chi connectivity index (χ3n) is 4.79. The Kier molecular flexibility index (Phi) is 3.74. The third-order valence-corrected chi connectivity index (χ3v) is 4.79. The molecule has 0 fully saturated rings. The number of H-pyrrole nitrogens is 1. The van der Waals surface area contributed by atoms with Gasteiger partial charge in [-0.25, -0.2) is 0 Å². The number of nitriles is 1. The molecule has 2 heterocycles. The van der Waals surface area contributed by atoms with E-state index in [9.17, 15) is 5.26 Å². The maximum absolute atomic E-state index is 9.64. The van der Waals surface area contributed by atoms with Crippen molar-refractivity contribution >= 4 is 16.5 Å². The molecule has 0 amide bonds. The first-order chi connectivity index (χ1) is 12.6. The van der Waals surface area contributed by atoms with Gasteiger partial charge in [0.05, 0.1) is 5.56 Å². The molecule has 26 heavy (non-hydrogen) atoms. The molecule has 3 nitrogen and oxygen atoms in total. The molecule has 2 aromatic carbocycles. The number of fused-ring (bicyclic) bond motifs is 1. The lowest BCUT2D eigenvalue weighted by Crippen LogP contribution is -1.93. The number of rotatable bonds is 3. The largest absolute Gasteiger partial charge is 0.361 e. The van der Waals surface area contributed by atoms with Gasteiger partial charge in [0.2, 0.25) is 0 Å². The first-order valence-corrected chi connectivity index (χ1v) is 8.54. The molecule has 0 bridgehead atoms. The Morgan fingerprint density at radius 1 is 1.12 bits per heavy atom. The summed E-state index contributed by atoms with van der Waals surface area (Å²) in [7, 11) is 0. The van der Waals surface area contributed by atoms with Crippen molar-refractivity contribution in [2.75, 3.05) is 0 Å². The van der Waals surface area contributed by atoms with E-state index in [0.717, 1.165) is 33.3 Å². The number of allylic oxidation sites excluding steroid dienone is 1. The highest BCUT2D eigenvalue weighted by molar-refractivity contribution is 5.96. The smallest absolute Gasteiger partial charge is 0.101 e. The van der Waals surface area contributed by atoms with E-state index < -0.39 is 0 Å². The van der Waals surface area contributed by atoms with Gasteiger partial charge in [0.1, 0.15) is 6.07 Å². The van der Waals surface area contributed by atoms with Crippen molar-refractivity contribution in [2.24, 2.45) is 0 Å². The lowest BCUT2D eigenvalue weighted by molar-refractivity contribution is 1.07. The molecule has 0 aliphatic heterocycles. The molecule has 0 aliphatic rings. The van der Waals surface area contributed by atoms with Gasteiger partial charge in [-0.05, 0) is 43.2 Å². The quantitative estimate of drug-likeness (QED) is 0.501. The van der Waals surface area contributed by atoms with Crippen LogP contribution in [0.25, 0.3) is 33.3 Å². The van der Waals surface area contributed by atoms with Crippen LogP contribution in [-0.2, 0) is 0 Å². The van der Waals surface area contributed by atoms with E-state index in [1.807, 2.05) is 48.3 Å². The van der Waals surface area contributed by atoms with Crippen molar-refractivity contribution in [3.63, 3.8) is 0 Å². The predicted octanol–water partition coefficient (Wildman–Crippen LogP) is 5.84. The Labute approximate surface area is 152 Å². The molecule has 126 valence electrons. The fraction of sp³-hybridized carbons (Fsp3) is 0.0870. The predicted molar refractivity (Wildman–Crippen MR) is 107 cm³/mol. The number of aryl methyl sites for hydroxylation is 1. The highest BCUT2D eigenvalue weighted by Gasteiger charge is 2.14. The minimum absolute atomic E-state index is 0.663. The summed E-state index contributed by atoms with van der Waals surface area (Å²) in [6.07, 6.45) is 5.90. The summed E-state index contributed by atoms with van der Waals surface area (Å²) in [6, 6.07) is 16.8. The number of benzene rings is 2. The highest BCUT2D eigenvalue weighted by Crippen LogP contribution is 2.32. The molecule has 0 spiro atoms. The van der Waals surface area contributed by atoms with Gasteiger partial charge in [0, 0.05) is 46.3 Å². The van der Waals surface area contributed by atoms with Crippen molar-refractivity contribution in [1.82, 2.24) is 9.55 Å². The average molecular weight is 337 g/mol. The third kappa shape index (κ3) is 2.53. The number of hydrogen-bond acceptors (Lipinski definition) is 1. The fourth-order valence-electron chi connectivity index (χ4n) is 3.49. The second kappa shape index (κ2) is 6.09. The zero-order chi connectivity index (χ0) is 18.3. The van der Waals surface area contributed by atoms with Crippen LogP contribution in [0, 0.1) is 18.3 Å². The summed E-state index contributed by atoms with van der Waals surface area (Å²) < 4.78 is 2.02. The van der Waals surface area contributed by atoms with Gasteiger partial charge in [-0.3, -0.25) is 0 Å². The minimum Gasteiger partial charge on any atom is -0.361 e. The number of hydrogen-bond donors (Lipinski definition) is 1. The summed E-state index contributed by atoms with van der Waals surface area (Å²) in [4.78, 5) is 3.29. The lowest BCUT2D eigenvalue weighted by Gasteiger charge is -2.09. The first kappa shape index (κ1) is 16.0. The Bertz CT molecular complexity index is 1180. The van der Waals surface area contributed by atoms with Crippen LogP contribution in [0.2, 0.25) is 0 Å². The number of nitrogens with zero attached hydrogens (tertiary/aromatic N) is 2. The second-order valence-corrected chi connectivity index (χ2v) is 6.63. The average Bonchev–Trinajstić information content (AvgIpc) is 3.25. The molecule has 0 radical (unpaired) electrons. The number of aromatic amines is 1. The van der Waals surface area contributed by atoms with Gasteiger partial charge in [0.25, 0.3) is 0 Å². The summed E-state index contributed by atoms with van der Waals surface area (Å²) in [6.45, 7) is 8.13. The maximum atomic E-state index is 9.64. The Hall–Kier alpha value is -3.51. The minimum atomic E-state index is 0.663. The maximum Gasteiger partial charge on any atom is 0.101 e. The molecule has 0 saturated heterocycles. The standard InChI is InChI=1S/C23H19N3/c1-15(2)19-9-8-18(10-16(19)3)26-13-17(11-24)22(14-26)21-12-25-23-7-5-4-6-20(21)23/h4-10,12-14,25H,1H2,2-3H3. The van der Waals surface area contributed by atoms with Crippen molar-refractivity contribution in [3.8, 4) is 22.9 Å². The van der Waals surface area contributed by atoms with E-state index in [4.69, 9.17) is 0 Å². The van der Waals surface area contributed by atoms with E-state index in [-0.39, 0.29) is 0 Å². The Morgan fingerprint density at radius 2 is 1.92 bits per heavy atom. The van der Waals surface area contributed by atoms with E-state index in [1.54, 1.807) is 0 Å². The van der Waals surface area contributed by atoms with Crippen molar-refractivity contribution in [1.29, 1.82) is 5.26 Å². The van der Waals surface area contributed by atoms with Gasteiger partial charge in [-0.2, -0.15) is 5.26 Å². The number of nitrogens with one attached hydrogen (secondary N) is 1. The van der Waals surface area contributed by atoms with Crippen LogP contribution >= 0.6 is 0 Å². The summed E-state index contributed by atoms with van der Waals surface area (Å²) in [5, 5.41) is 10.8. The SMILES string of the molecule is C=C(C)c1ccc(-n2cc(C#N)c(-c3c[nH]c4ccccc34)c2)cc1C. The molecule has 0 atom stereocenters. The van der Waals surface area contributed by atoms with E-state index in [2.05, 4.69) is 48.8 Å². The fourth-order valence-corrected chi connectivity index (χ4v) is 3.49. The van der Waals surface area contributed by atoms with Crippen LogP contribution in [0.4, 0.5) is 0 Å². The normalized spacial score (nSPS) is 10.8. The summed E-state index contributed by atoms with van der Waals surface area (Å²) >= 11 is 0. The molecule has 0 unspecified atom stereocenters. The van der Waals surface area contributed by atoms with Crippen LogP contribution < -0.4 is 0 Å². The lowest BCUT2D eigenvalue weighted by atomic mass is 10.0. The molecule has 2 aromatic heterocycles. The monoisotopic (exact) mass is 337 g/mol. The van der Waals surface area contributed by atoms with Gasteiger partial charge in [0.15, 0.2) is 0 Å². The van der Waals surface area contributed by atoms with Crippen molar-refractivity contribution < 1.29 is 0 Å². The van der Waals surface area contributed by atoms with Crippen LogP contribution in [0.3, 0.4) is 0 Å². The first-order valence-electron chi connectivity index (χ1n) is 8.54. The van der Waals surface area contributed by atoms with E-state index in [1.165, 1.54) is 11.1 Å². The van der Waals surface area contributed by atoms with Crippen LogP contribution in [0.15, 0.2) is 67.6 Å². The van der Waals surface area contributed by atoms with E-state index >= 15 is 0 Å². The van der Waals surface area contributed by atoms with Crippen molar-refractivity contribution in [2.45, 2.75) is 13.8 Å². The topological polar surface area (TPSA) is 44.5 Å². The van der Waals surface area contributed by atoms with Crippen molar-refractivity contribution in [3.05, 3.63) is 84.3 Å². The van der Waals surface area contributed by atoms with Gasteiger partial charge >= 0.3 is 0 Å². The molecule has 0 aliphatic carbocycles. The van der Waals surface area contributed by atoms with Gasteiger partial charge < -0.3 is 9.55 Å². The van der Waals surface area contributed by atoms with Gasteiger partial charge in [-0.15, -0.1) is 0 Å². The molecule has 3 heteroatoms. The van der Waals surface area contributed by atoms with Gasteiger partial charge in [-0.1, -0.05) is 36.4 Å². The molecule has 1 N–H and O–H groups in total. The molecule has 4 rings (SSSR count). The molecule has 4 aromatic rings. The summed E-state index contributed by atoms with van der Waals surface area (Å²) in [5.74, 6) is 0. The second-order valence-electron chi connectivity index (χ2n) is 6.63. The van der Waals surface area contributed by atoms with Crippen LogP contribution in [-0.4, -0.2) is 9.55 Å². The zero-order valence-electron chi connectivity index (χ0n) is 14.9. The zero-order valence-corrected chi connectivity index (χ0v) is 14.9. The van der Waals surface area contributed by atoms with Crippen LogP contribution in [0.1, 0.15) is 23.6 Å². The molecular weight excluding hydrogens is 318 g/mol. The van der Waals surface area contributed by atoms with Crippen LogP contribution in [0.5, 0.6) is 0 Å². The molecular formula is C23H19N3.